The molecular weight excluding hydrogens is 374 g/mol. The first-order valence-corrected chi connectivity index (χ1v) is 9.64. The Morgan fingerprint density at radius 2 is 1.63 bits per heavy atom. The van der Waals surface area contributed by atoms with Crippen molar-refractivity contribution in [2.24, 2.45) is 0 Å². The third-order valence-electron chi connectivity index (χ3n) is 5.27. The highest BCUT2D eigenvalue weighted by molar-refractivity contribution is 5.98. The quantitative estimate of drug-likeness (QED) is 0.426. The highest BCUT2D eigenvalue weighted by Crippen LogP contribution is 2.41. The summed E-state index contributed by atoms with van der Waals surface area (Å²) in [5.41, 5.74) is 5.93. The van der Waals surface area contributed by atoms with Gasteiger partial charge in [-0.05, 0) is 36.8 Å². The summed E-state index contributed by atoms with van der Waals surface area (Å²) in [6, 6.07) is 22.5. The van der Waals surface area contributed by atoms with Gasteiger partial charge >= 0.3 is 0 Å². The van der Waals surface area contributed by atoms with E-state index in [-0.39, 0.29) is 11.5 Å². The first-order chi connectivity index (χ1) is 14.6. The molecule has 0 saturated carbocycles. The monoisotopic (exact) mass is 393 g/mol. The molecular formula is C25H19N3O2. The minimum atomic E-state index is -0.0141. The Labute approximate surface area is 173 Å². The molecule has 0 unspecified atom stereocenters. The molecule has 0 aliphatic carbocycles. The van der Waals surface area contributed by atoms with Crippen molar-refractivity contribution < 1.29 is 10.2 Å². The number of phenolic OH excluding ortho intramolecular Hbond substituents is 2. The van der Waals surface area contributed by atoms with Gasteiger partial charge in [0.25, 0.3) is 0 Å². The predicted molar refractivity (Wildman–Crippen MR) is 118 cm³/mol. The summed E-state index contributed by atoms with van der Waals surface area (Å²) < 4.78 is 1.83. The van der Waals surface area contributed by atoms with E-state index in [1.165, 1.54) is 6.07 Å². The Morgan fingerprint density at radius 3 is 2.47 bits per heavy atom. The van der Waals surface area contributed by atoms with Gasteiger partial charge in [-0.15, -0.1) is 0 Å². The van der Waals surface area contributed by atoms with Gasteiger partial charge < -0.3 is 10.2 Å². The van der Waals surface area contributed by atoms with Gasteiger partial charge in [0.15, 0.2) is 0 Å². The fraction of sp³-hybridized carbons (Fsp3) is 0.0400. The number of hydrogen-bond acceptors (Lipinski definition) is 4. The van der Waals surface area contributed by atoms with Crippen LogP contribution in [0.4, 0.5) is 0 Å². The van der Waals surface area contributed by atoms with E-state index in [1.807, 2.05) is 66.2 Å². The van der Waals surface area contributed by atoms with Crippen LogP contribution in [0.1, 0.15) is 5.56 Å². The molecule has 5 nitrogen and oxygen atoms in total. The number of rotatable bonds is 3. The molecule has 5 heteroatoms. The Morgan fingerprint density at radius 1 is 0.800 bits per heavy atom. The summed E-state index contributed by atoms with van der Waals surface area (Å²) in [6.45, 7) is 2.02. The standard InChI is InChI=1S/C25H19N3O2/c1-16-6-2-3-10-22(16)28-25(20-12-11-18(29)14-23(20)30)21(15-27-28)19-9-4-7-17-8-5-13-26-24(17)19/h2-15,29-30H,1H3. The lowest BCUT2D eigenvalue weighted by atomic mass is 9.98. The summed E-state index contributed by atoms with van der Waals surface area (Å²) in [6.07, 6.45) is 3.58. The molecule has 2 heterocycles. The molecule has 0 radical (unpaired) electrons. The van der Waals surface area contributed by atoms with E-state index in [4.69, 9.17) is 0 Å². The molecule has 0 saturated heterocycles. The highest BCUT2D eigenvalue weighted by Gasteiger charge is 2.21. The average molecular weight is 393 g/mol. The van der Waals surface area contributed by atoms with Crippen LogP contribution in [0.3, 0.4) is 0 Å². The number of benzene rings is 3. The second-order valence-electron chi connectivity index (χ2n) is 7.19. The molecule has 0 fully saturated rings. The molecule has 0 spiro atoms. The number of aromatic hydroxyl groups is 2. The molecule has 2 aromatic heterocycles. The largest absolute Gasteiger partial charge is 0.508 e. The van der Waals surface area contributed by atoms with Crippen LogP contribution in [0.15, 0.2) is 85.2 Å². The van der Waals surface area contributed by atoms with Crippen LogP contribution < -0.4 is 0 Å². The van der Waals surface area contributed by atoms with Gasteiger partial charge in [0.05, 0.1) is 23.1 Å². The van der Waals surface area contributed by atoms with Gasteiger partial charge in [-0.25, -0.2) is 4.68 Å². The summed E-state index contributed by atoms with van der Waals surface area (Å²) in [5.74, 6) is -0.00800. The molecule has 0 aliphatic rings. The molecule has 0 amide bonds. The SMILES string of the molecule is Cc1ccccc1-n1ncc(-c2cccc3cccnc23)c1-c1ccc(O)cc1O. The van der Waals surface area contributed by atoms with Crippen molar-refractivity contribution in [2.45, 2.75) is 6.92 Å². The number of para-hydroxylation sites is 2. The van der Waals surface area contributed by atoms with E-state index in [9.17, 15) is 10.2 Å². The Kier molecular flexibility index (Phi) is 4.21. The van der Waals surface area contributed by atoms with Gasteiger partial charge in [-0.3, -0.25) is 4.98 Å². The third kappa shape index (κ3) is 2.88. The number of hydrogen-bond donors (Lipinski definition) is 2. The fourth-order valence-corrected chi connectivity index (χ4v) is 3.83. The second kappa shape index (κ2) is 7.04. The van der Waals surface area contributed by atoms with Crippen LogP contribution in [0.5, 0.6) is 11.5 Å². The van der Waals surface area contributed by atoms with Crippen LogP contribution in [0, 0.1) is 6.92 Å². The van der Waals surface area contributed by atoms with E-state index in [1.54, 1.807) is 24.5 Å². The Bertz CT molecular complexity index is 1380. The van der Waals surface area contributed by atoms with Crippen molar-refractivity contribution in [3.05, 3.63) is 90.8 Å². The van der Waals surface area contributed by atoms with Crippen LogP contribution in [0.25, 0.3) is 39.0 Å². The Hall–Kier alpha value is -4.12. The minimum Gasteiger partial charge on any atom is -0.508 e. The summed E-state index contributed by atoms with van der Waals surface area (Å²) >= 11 is 0. The molecule has 30 heavy (non-hydrogen) atoms. The lowest BCUT2D eigenvalue weighted by molar-refractivity contribution is 0.451. The van der Waals surface area contributed by atoms with E-state index in [0.29, 0.717) is 5.56 Å². The molecule has 2 N–H and O–H groups in total. The van der Waals surface area contributed by atoms with Gasteiger partial charge in [0, 0.05) is 34.3 Å². The van der Waals surface area contributed by atoms with Crippen molar-refractivity contribution in [2.75, 3.05) is 0 Å². The number of pyridine rings is 1. The number of phenols is 2. The number of aromatic nitrogens is 3. The number of nitrogens with zero attached hydrogens (tertiary/aromatic N) is 3. The van der Waals surface area contributed by atoms with Crippen LogP contribution in [0.2, 0.25) is 0 Å². The van der Waals surface area contributed by atoms with E-state index >= 15 is 0 Å². The molecule has 3 aromatic carbocycles. The maximum Gasteiger partial charge on any atom is 0.128 e. The van der Waals surface area contributed by atoms with Gasteiger partial charge in [-0.2, -0.15) is 5.10 Å². The smallest absolute Gasteiger partial charge is 0.128 e. The molecule has 0 atom stereocenters. The molecule has 146 valence electrons. The average Bonchev–Trinajstić information content (AvgIpc) is 3.18. The van der Waals surface area contributed by atoms with E-state index < -0.39 is 0 Å². The summed E-state index contributed by atoms with van der Waals surface area (Å²) in [5, 5.41) is 26.2. The van der Waals surface area contributed by atoms with Crippen molar-refractivity contribution in [1.29, 1.82) is 0 Å². The van der Waals surface area contributed by atoms with Crippen molar-refractivity contribution in [1.82, 2.24) is 14.8 Å². The first-order valence-electron chi connectivity index (χ1n) is 9.64. The molecule has 5 aromatic rings. The van der Waals surface area contributed by atoms with Gasteiger partial charge in [0.1, 0.15) is 11.5 Å². The van der Waals surface area contributed by atoms with Crippen molar-refractivity contribution in [3.63, 3.8) is 0 Å². The maximum absolute atomic E-state index is 10.7. The second-order valence-corrected chi connectivity index (χ2v) is 7.19. The number of fused-ring (bicyclic) bond motifs is 1. The van der Waals surface area contributed by atoms with Crippen LogP contribution >= 0.6 is 0 Å². The topological polar surface area (TPSA) is 71.2 Å². The maximum atomic E-state index is 10.7. The number of aryl methyl sites for hydroxylation is 1. The normalized spacial score (nSPS) is 11.1. The summed E-state index contributed by atoms with van der Waals surface area (Å²) in [4.78, 5) is 4.59. The molecule has 5 rings (SSSR count). The molecule has 0 aliphatic heterocycles. The van der Waals surface area contributed by atoms with Crippen LogP contribution in [-0.2, 0) is 0 Å². The molecule has 0 bridgehead atoms. The highest BCUT2D eigenvalue weighted by atomic mass is 16.3. The van der Waals surface area contributed by atoms with Crippen molar-refractivity contribution >= 4 is 10.9 Å². The predicted octanol–water partition coefficient (Wildman–Crippen LogP) is 5.47. The van der Waals surface area contributed by atoms with E-state index in [0.717, 1.165) is 39.0 Å². The zero-order chi connectivity index (χ0) is 20.7. The van der Waals surface area contributed by atoms with Gasteiger partial charge in [-0.1, -0.05) is 42.5 Å². The summed E-state index contributed by atoms with van der Waals surface area (Å²) in [7, 11) is 0. The lowest BCUT2D eigenvalue weighted by Crippen LogP contribution is -2.02. The Balaban J connectivity index is 1.86. The fourth-order valence-electron chi connectivity index (χ4n) is 3.83. The minimum absolute atomic E-state index is 0.00610. The zero-order valence-corrected chi connectivity index (χ0v) is 16.3. The zero-order valence-electron chi connectivity index (χ0n) is 16.3. The third-order valence-corrected chi connectivity index (χ3v) is 5.27. The van der Waals surface area contributed by atoms with Gasteiger partial charge in [0.2, 0.25) is 0 Å². The van der Waals surface area contributed by atoms with Crippen LogP contribution in [-0.4, -0.2) is 25.0 Å². The lowest BCUT2D eigenvalue weighted by Gasteiger charge is -2.14. The first kappa shape index (κ1) is 17.9. The van der Waals surface area contributed by atoms with E-state index in [2.05, 4.69) is 10.1 Å². The van der Waals surface area contributed by atoms with Crippen molar-refractivity contribution in [3.8, 4) is 39.6 Å².